The van der Waals surface area contributed by atoms with Gasteiger partial charge < -0.3 is 29.3 Å². The van der Waals surface area contributed by atoms with Crippen molar-refractivity contribution in [1.29, 1.82) is 0 Å². The van der Waals surface area contributed by atoms with E-state index in [1.54, 1.807) is 25.6 Å². The van der Waals surface area contributed by atoms with Gasteiger partial charge >= 0.3 is 6.03 Å². The number of amides is 3. The largest absolute Gasteiger partial charge is 0.497 e. The normalized spacial score (nSPS) is 15.1. The second kappa shape index (κ2) is 11.7. The maximum Gasteiger partial charge on any atom is 0.317 e. The number of thiophene rings is 1. The van der Waals surface area contributed by atoms with Crippen molar-refractivity contribution in [1.82, 2.24) is 15.1 Å². The molecule has 3 rings (SSSR count). The molecule has 1 unspecified atom stereocenters. The Balaban J connectivity index is 1.75. The van der Waals surface area contributed by atoms with E-state index < -0.39 is 0 Å². The monoisotopic (exact) mass is 461 g/mol. The number of nitrogens with zero attached hydrogens (tertiary/aromatic N) is 2. The molecule has 0 radical (unpaired) electrons. The molecule has 1 N–H and O–H groups in total. The van der Waals surface area contributed by atoms with E-state index >= 15 is 0 Å². The SMILES string of the molecule is CCNC(=O)N(CCOC)CC(=O)N1CCc2sccc2C1COc1cccc(OC)c1. The number of carbonyl (C=O) groups is 2. The van der Waals surface area contributed by atoms with Crippen LogP contribution in [0.15, 0.2) is 35.7 Å². The second-order valence-electron chi connectivity index (χ2n) is 7.39. The molecular weight excluding hydrogens is 430 g/mol. The predicted octanol–water partition coefficient (Wildman–Crippen LogP) is 2.94. The lowest BCUT2D eigenvalue weighted by Crippen LogP contribution is -2.50. The van der Waals surface area contributed by atoms with Crippen LogP contribution >= 0.6 is 11.3 Å². The van der Waals surface area contributed by atoms with Gasteiger partial charge in [0.2, 0.25) is 5.91 Å². The Kier molecular flexibility index (Phi) is 8.75. The summed E-state index contributed by atoms with van der Waals surface area (Å²) in [4.78, 5) is 30.4. The molecule has 9 heteroatoms. The number of hydrogen-bond donors (Lipinski definition) is 1. The number of hydrogen-bond acceptors (Lipinski definition) is 6. The number of carbonyl (C=O) groups excluding carboxylic acids is 2. The molecule has 0 fully saturated rings. The van der Waals surface area contributed by atoms with Crippen LogP contribution in [0.5, 0.6) is 11.5 Å². The zero-order valence-electron chi connectivity index (χ0n) is 18.8. The van der Waals surface area contributed by atoms with Gasteiger partial charge in [-0.1, -0.05) is 6.07 Å². The van der Waals surface area contributed by atoms with Gasteiger partial charge in [-0.05, 0) is 42.5 Å². The van der Waals surface area contributed by atoms with E-state index in [-0.39, 0.29) is 24.5 Å². The van der Waals surface area contributed by atoms with Gasteiger partial charge in [0.1, 0.15) is 24.7 Å². The van der Waals surface area contributed by atoms with Crippen molar-refractivity contribution >= 4 is 23.3 Å². The van der Waals surface area contributed by atoms with Crippen LogP contribution in [0.25, 0.3) is 0 Å². The Bertz CT molecular complexity index is 903. The van der Waals surface area contributed by atoms with Crippen LogP contribution in [0, 0.1) is 0 Å². The van der Waals surface area contributed by atoms with Gasteiger partial charge in [-0.3, -0.25) is 4.79 Å². The summed E-state index contributed by atoms with van der Waals surface area (Å²) in [6.07, 6.45) is 0.799. The van der Waals surface area contributed by atoms with Gasteiger partial charge in [0, 0.05) is 37.7 Å². The first-order chi connectivity index (χ1) is 15.6. The van der Waals surface area contributed by atoms with E-state index in [0.29, 0.717) is 44.3 Å². The average Bonchev–Trinajstić information content (AvgIpc) is 3.29. The molecular formula is C23H31N3O5S. The van der Waals surface area contributed by atoms with Crippen molar-refractivity contribution in [2.24, 2.45) is 0 Å². The first-order valence-corrected chi connectivity index (χ1v) is 11.6. The molecule has 0 aliphatic carbocycles. The number of urea groups is 1. The fraction of sp³-hybridized carbons (Fsp3) is 0.478. The van der Waals surface area contributed by atoms with Crippen molar-refractivity contribution < 1.29 is 23.8 Å². The van der Waals surface area contributed by atoms with Gasteiger partial charge in [0.25, 0.3) is 0 Å². The number of fused-ring (bicyclic) bond motifs is 1. The summed E-state index contributed by atoms with van der Waals surface area (Å²) in [5.41, 5.74) is 1.11. The smallest absolute Gasteiger partial charge is 0.317 e. The Labute approximate surface area is 193 Å². The topological polar surface area (TPSA) is 80.3 Å². The molecule has 0 bridgehead atoms. The van der Waals surface area contributed by atoms with Crippen LogP contribution in [0.4, 0.5) is 4.79 Å². The van der Waals surface area contributed by atoms with E-state index in [0.717, 1.165) is 12.0 Å². The summed E-state index contributed by atoms with van der Waals surface area (Å²) in [5, 5.41) is 4.82. The molecule has 0 saturated carbocycles. The molecule has 0 spiro atoms. The maximum absolute atomic E-state index is 13.3. The molecule has 2 aromatic rings. The van der Waals surface area contributed by atoms with Crippen LogP contribution in [0.3, 0.4) is 0 Å². The maximum atomic E-state index is 13.3. The minimum Gasteiger partial charge on any atom is -0.497 e. The minimum atomic E-state index is -0.268. The highest BCUT2D eigenvalue weighted by molar-refractivity contribution is 7.10. The van der Waals surface area contributed by atoms with Crippen LogP contribution < -0.4 is 14.8 Å². The third-order valence-electron chi connectivity index (χ3n) is 5.37. The summed E-state index contributed by atoms with van der Waals surface area (Å²) >= 11 is 1.70. The van der Waals surface area contributed by atoms with Crippen molar-refractivity contribution in [3.05, 3.63) is 46.2 Å². The van der Waals surface area contributed by atoms with Crippen LogP contribution in [0.2, 0.25) is 0 Å². The van der Waals surface area contributed by atoms with Crippen LogP contribution in [-0.4, -0.2) is 75.4 Å². The van der Waals surface area contributed by atoms with E-state index in [1.165, 1.54) is 9.78 Å². The third-order valence-corrected chi connectivity index (χ3v) is 6.37. The Morgan fingerprint density at radius 2 is 2.06 bits per heavy atom. The highest BCUT2D eigenvalue weighted by Gasteiger charge is 2.33. The van der Waals surface area contributed by atoms with Gasteiger partial charge in [-0.15, -0.1) is 11.3 Å². The summed E-state index contributed by atoms with van der Waals surface area (Å²) in [6, 6.07) is 8.99. The summed E-state index contributed by atoms with van der Waals surface area (Å²) in [7, 11) is 3.19. The lowest BCUT2D eigenvalue weighted by Gasteiger charge is -2.37. The lowest BCUT2D eigenvalue weighted by molar-refractivity contribution is -0.135. The van der Waals surface area contributed by atoms with Crippen molar-refractivity contribution in [2.75, 3.05) is 53.6 Å². The summed E-state index contributed by atoms with van der Waals surface area (Å²) < 4.78 is 16.5. The molecule has 0 saturated heterocycles. The van der Waals surface area contributed by atoms with Gasteiger partial charge in [0.05, 0.1) is 19.8 Å². The van der Waals surface area contributed by atoms with Crippen LogP contribution in [-0.2, 0) is 16.0 Å². The molecule has 32 heavy (non-hydrogen) atoms. The fourth-order valence-corrected chi connectivity index (χ4v) is 4.64. The highest BCUT2D eigenvalue weighted by atomic mass is 32.1. The molecule has 1 aliphatic heterocycles. The first-order valence-electron chi connectivity index (χ1n) is 10.7. The van der Waals surface area contributed by atoms with E-state index in [2.05, 4.69) is 16.8 Å². The van der Waals surface area contributed by atoms with Crippen molar-refractivity contribution in [3.8, 4) is 11.5 Å². The number of methoxy groups -OCH3 is 2. The Hall–Kier alpha value is -2.78. The van der Waals surface area contributed by atoms with Gasteiger partial charge in [-0.2, -0.15) is 0 Å². The average molecular weight is 462 g/mol. The molecule has 174 valence electrons. The van der Waals surface area contributed by atoms with Crippen molar-refractivity contribution in [2.45, 2.75) is 19.4 Å². The van der Waals surface area contributed by atoms with Crippen molar-refractivity contribution in [3.63, 3.8) is 0 Å². The fourth-order valence-electron chi connectivity index (χ4n) is 3.71. The Morgan fingerprint density at radius 3 is 2.81 bits per heavy atom. The molecule has 1 atom stereocenters. The highest BCUT2D eigenvalue weighted by Crippen LogP contribution is 2.34. The zero-order valence-corrected chi connectivity index (χ0v) is 19.7. The molecule has 8 nitrogen and oxygen atoms in total. The third kappa shape index (κ3) is 5.92. The molecule has 1 aliphatic rings. The minimum absolute atomic E-state index is 0.00960. The zero-order chi connectivity index (χ0) is 22.9. The molecule has 3 amide bonds. The summed E-state index contributed by atoms with van der Waals surface area (Å²) in [5.74, 6) is 1.29. The predicted molar refractivity (Wildman–Crippen MR) is 123 cm³/mol. The lowest BCUT2D eigenvalue weighted by atomic mass is 10.0. The first kappa shape index (κ1) is 23.9. The number of benzene rings is 1. The second-order valence-corrected chi connectivity index (χ2v) is 8.39. The molecule has 2 heterocycles. The number of rotatable bonds is 10. The quantitative estimate of drug-likeness (QED) is 0.589. The van der Waals surface area contributed by atoms with Crippen LogP contribution in [0.1, 0.15) is 23.4 Å². The molecule has 1 aromatic carbocycles. The number of ether oxygens (including phenoxy) is 3. The van der Waals surface area contributed by atoms with E-state index in [1.807, 2.05) is 36.1 Å². The number of nitrogens with one attached hydrogen (secondary N) is 1. The Morgan fingerprint density at radius 1 is 1.25 bits per heavy atom. The standard InChI is InChI=1S/C23H31N3O5S/c1-4-24-23(28)25(11-12-29-2)15-22(27)26-10-8-21-19(9-13-32-21)20(26)16-31-18-7-5-6-17(14-18)30-3/h5-7,9,13-14,20H,4,8,10-12,15-16H2,1-3H3,(H,24,28). The summed E-state index contributed by atoms with van der Waals surface area (Å²) in [6.45, 7) is 3.95. The van der Waals surface area contributed by atoms with E-state index in [4.69, 9.17) is 14.2 Å². The molecule has 1 aromatic heterocycles. The van der Waals surface area contributed by atoms with Gasteiger partial charge in [0.15, 0.2) is 0 Å². The van der Waals surface area contributed by atoms with Gasteiger partial charge in [-0.25, -0.2) is 4.79 Å². The van der Waals surface area contributed by atoms with E-state index in [9.17, 15) is 9.59 Å².